The Balaban J connectivity index is 0.00000676. The first kappa shape index (κ1) is 25.9. The highest BCUT2D eigenvalue weighted by atomic mass is 127. The first-order valence-electron chi connectivity index (χ1n) is 9.35. The summed E-state index contributed by atoms with van der Waals surface area (Å²) in [6.45, 7) is 13.9. The molecule has 27 heavy (non-hydrogen) atoms. The Morgan fingerprint density at radius 2 is 1.93 bits per heavy atom. The lowest BCUT2D eigenvalue weighted by Gasteiger charge is -2.23. The van der Waals surface area contributed by atoms with Crippen LogP contribution >= 0.6 is 24.0 Å². The maximum absolute atomic E-state index is 9.40. The Morgan fingerprint density at radius 3 is 2.56 bits per heavy atom. The molecular formula is C20H36IN3O3. The molecule has 1 rings (SSSR count). The molecule has 0 unspecified atom stereocenters. The summed E-state index contributed by atoms with van der Waals surface area (Å²) in [6.07, 6.45) is 0. The molecule has 3 N–H and O–H groups in total. The predicted molar refractivity (Wildman–Crippen MR) is 122 cm³/mol. The van der Waals surface area contributed by atoms with Gasteiger partial charge in [-0.15, -0.1) is 24.0 Å². The summed E-state index contributed by atoms with van der Waals surface area (Å²) >= 11 is 0. The molecule has 0 heterocycles. The number of nitrogens with one attached hydrogen (secondary N) is 2. The lowest BCUT2D eigenvalue weighted by Crippen LogP contribution is -2.43. The van der Waals surface area contributed by atoms with Gasteiger partial charge < -0.3 is 25.2 Å². The van der Waals surface area contributed by atoms with Crippen LogP contribution in [-0.2, 0) is 11.3 Å². The maximum atomic E-state index is 9.40. The monoisotopic (exact) mass is 493 g/mol. The highest BCUT2D eigenvalue weighted by molar-refractivity contribution is 14.0. The molecule has 0 amide bonds. The van der Waals surface area contributed by atoms with Crippen LogP contribution in [0.3, 0.4) is 0 Å². The van der Waals surface area contributed by atoms with E-state index in [-0.39, 0.29) is 36.0 Å². The topological polar surface area (TPSA) is 75.1 Å². The third kappa shape index (κ3) is 10.8. The Bertz CT molecular complexity index is 565. The molecule has 0 fully saturated rings. The zero-order valence-electron chi connectivity index (χ0n) is 17.3. The quantitative estimate of drug-likeness (QED) is 0.191. The SMILES string of the molecule is CCNC(=NCc1ccc(C)cc1OCCOCC)NCC(C)(C)CO.I. The molecule has 156 valence electrons. The van der Waals surface area contributed by atoms with Crippen molar-refractivity contribution < 1.29 is 14.6 Å². The summed E-state index contributed by atoms with van der Waals surface area (Å²) in [5, 5.41) is 15.9. The Labute approximate surface area is 181 Å². The average Bonchev–Trinajstić information content (AvgIpc) is 2.62. The van der Waals surface area contributed by atoms with Gasteiger partial charge in [-0.1, -0.05) is 26.0 Å². The standard InChI is InChI=1S/C20H35N3O3.HI/c1-6-21-19(23-14-20(4,5)15-24)22-13-17-9-8-16(3)12-18(17)26-11-10-25-7-2;/h8-9,12,24H,6-7,10-11,13-15H2,1-5H3,(H2,21,22,23);1H. The van der Waals surface area contributed by atoms with Crippen LogP contribution in [-0.4, -0.2) is 50.6 Å². The summed E-state index contributed by atoms with van der Waals surface area (Å²) < 4.78 is 11.2. The Hall–Kier alpha value is -1.06. The number of halogens is 1. The van der Waals surface area contributed by atoms with E-state index in [4.69, 9.17) is 9.47 Å². The van der Waals surface area contributed by atoms with Gasteiger partial charge in [0.25, 0.3) is 0 Å². The molecular weight excluding hydrogens is 457 g/mol. The van der Waals surface area contributed by atoms with Crippen LogP contribution in [0.15, 0.2) is 23.2 Å². The van der Waals surface area contributed by atoms with Gasteiger partial charge in [0, 0.05) is 37.3 Å². The first-order chi connectivity index (χ1) is 12.4. The van der Waals surface area contributed by atoms with Crippen LogP contribution in [0.4, 0.5) is 0 Å². The molecule has 0 spiro atoms. The van der Waals surface area contributed by atoms with Crippen molar-refractivity contribution in [2.45, 2.75) is 41.2 Å². The van der Waals surface area contributed by atoms with Crippen LogP contribution in [0.25, 0.3) is 0 Å². The van der Waals surface area contributed by atoms with Crippen molar-refractivity contribution in [2.24, 2.45) is 10.4 Å². The van der Waals surface area contributed by atoms with Gasteiger partial charge in [0.15, 0.2) is 5.96 Å². The lowest BCUT2D eigenvalue weighted by atomic mass is 9.95. The molecule has 1 aromatic carbocycles. The van der Waals surface area contributed by atoms with E-state index in [0.717, 1.165) is 29.4 Å². The second kappa shape index (κ2) is 14.0. The summed E-state index contributed by atoms with van der Waals surface area (Å²) in [5.74, 6) is 1.58. The van der Waals surface area contributed by atoms with Crippen molar-refractivity contribution in [3.63, 3.8) is 0 Å². The molecule has 0 bridgehead atoms. The number of benzene rings is 1. The fourth-order valence-corrected chi connectivity index (χ4v) is 2.17. The lowest BCUT2D eigenvalue weighted by molar-refractivity contribution is 0.110. The molecule has 0 aliphatic rings. The van der Waals surface area contributed by atoms with Gasteiger partial charge in [0.1, 0.15) is 12.4 Å². The Kier molecular flexibility index (Phi) is 13.5. The van der Waals surface area contributed by atoms with Gasteiger partial charge in [-0.3, -0.25) is 0 Å². The molecule has 0 aliphatic heterocycles. The number of aliphatic hydroxyl groups excluding tert-OH is 1. The van der Waals surface area contributed by atoms with Gasteiger partial charge in [0.2, 0.25) is 0 Å². The minimum absolute atomic E-state index is 0. The molecule has 0 aromatic heterocycles. The number of guanidine groups is 1. The number of rotatable bonds is 11. The zero-order chi connectivity index (χ0) is 19.4. The minimum Gasteiger partial charge on any atom is -0.491 e. The fourth-order valence-electron chi connectivity index (χ4n) is 2.17. The summed E-state index contributed by atoms with van der Waals surface area (Å²) in [5.41, 5.74) is 1.98. The number of aliphatic imine (C=N–C) groups is 1. The molecule has 0 saturated heterocycles. The molecule has 6 nitrogen and oxygen atoms in total. The van der Waals surface area contributed by atoms with Crippen molar-refractivity contribution in [3.05, 3.63) is 29.3 Å². The van der Waals surface area contributed by atoms with Gasteiger partial charge in [-0.05, 0) is 32.4 Å². The van der Waals surface area contributed by atoms with E-state index < -0.39 is 0 Å². The maximum Gasteiger partial charge on any atom is 0.191 e. The highest BCUT2D eigenvalue weighted by Gasteiger charge is 2.16. The molecule has 0 saturated carbocycles. The van der Waals surface area contributed by atoms with Crippen molar-refractivity contribution in [3.8, 4) is 5.75 Å². The van der Waals surface area contributed by atoms with Gasteiger partial charge in [-0.25, -0.2) is 4.99 Å². The van der Waals surface area contributed by atoms with E-state index in [1.165, 1.54) is 0 Å². The van der Waals surface area contributed by atoms with E-state index in [1.54, 1.807) is 0 Å². The molecule has 0 atom stereocenters. The van der Waals surface area contributed by atoms with E-state index in [2.05, 4.69) is 27.8 Å². The third-order valence-corrected chi connectivity index (χ3v) is 3.83. The number of ether oxygens (including phenoxy) is 2. The van der Waals surface area contributed by atoms with Crippen LogP contribution in [0, 0.1) is 12.3 Å². The largest absolute Gasteiger partial charge is 0.491 e. The van der Waals surface area contributed by atoms with Crippen molar-refractivity contribution >= 4 is 29.9 Å². The van der Waals surface area contributed by atoms with Crippen LogP contribution < -0.4 is 15.4 Å². The Morgan fingerprint density at radius 1 is 1.19 bits per heavy atom. The number of aliphatic hydroxyl groups is 1. The smallest absolute Gasteiger partial charge is 0.191 e. The summed E-state index contributed by atoms with van der Waals surface area (Å²) in [6, 6.07) is 6.15. The number of nitrogens with zero attached hydrogens (tertiary/aromatic N) is 1. The van der Waals surface area contributed by atoms with Gasteiger partial charge in [0.05, 0.1) is 13.2 Å². The summed E-state index contributed by atoms with van der Waals surface area (Å²) in [7, 11) is 0. The van der Waals surface area contributed by atoms with Gasteiger partial charge >= 0.3 is 0 Å². The molecule has 7 heteroatoms. The van der Waals surface area contributed by atoms with Crippen LogP contribution in [0.1, 0.15) is 38.8 Å². The van der Waals surface area contributed by atoms with E-state index >= 15 is 0 Å². The number of hydrogen-bond donors (Lipinski definition) is 3. The second-order valence-corrected chi connectivity index (χ2v) is 7.03. The fraction of sp³-hybridized carbons (Fsp3) is 0.650. The number of hydrogen-bond acceptors (Lipinski definition) is 4. The zero-order valence-corrected chi connectivity index (χ0v) is 19.6. The molecule has 0 aliphatic carbocycles. The normalized spacial score (nSPS) is 11.7. The van der Waals surface area contributed by atoms with Crippen molar-refractivity contribution in [2.75, 3.05) is 39.5 Å². The highest BCUT2D eigenvalue weighted by Crippen LogP contribution is 2.21. The third-order valence-electron chi connectivity index (χ3n) is 3.83. The van der Waals surface area contributed by atoms with Crippen molar-refractivity contribution in [1.82, 2.24) is 10.6 Å². The molecule has 1 aromatic rings. The van der Waals surface area contributed by atoms with Crippen LogP contribution in [0.5, 0.6) is 5.75 Å². The molecule has 0 radical (unpaired) electrons. The van der Waals surface area contributed by atoms with Crippen molar-refractivity contribution in [1.29, 1.82) is 0 Å². The van der Waals surface area contributed by atoms with Crippen LogP contribution in [0.2, 0.25) is 0 Å². The summed E-state index contributed by atoms with van der Waals surface area (Å²) in [4.78, 5) is 4.66. The second-order valence-electron chi connectivity index (χ2n) is 7.03. The number of aryl methyl sites for hydroxylation is 1. The van der Waals surface area contributed by atoms with Gasteiger partial charge in [-0.2, -0.15) is 0 Å². The predicted octanol–water partition coefficient (Wildman–Crippen LogP) is 3.10. The van der Waals surface area contributed by atoms with E-state index in [0.29, 0.717) is 32.9 Å². The first-order valence-corrected chi connectivity index (χ1v) is 9.35. The minimum atomic E-state index is -0.201. The van der Waals surface area contributed by atoms with E-state index in [9.17, 15) is 5.11 Å². The van der Waals surface area contributed by atoms with E-state index in [1.807, 2.05) is 40.7 Å². The average molecular weight is 493 g/mol.